The van der Waals surface area contributed by atoms with Crippen LogP contribution < -0.4 is 5.32 Å². The largest absolute Gasteiger partial charge is 0.352 e. The lowest BCUT2D eigenvalue weighted by atomic mass is 10.0. The molecular formula is C27H35N5O. The van der Waals surface area contributed by atoms with Crippen LogP contribution in [0.4, 0.5) is 0 Å². The Kier molecular flexibility index (Phi) is 7.57. The summed E-state index contributed by atoms with van der Waals surface area (Å²) in [5.41, 5.74) is 5.94. The number of carbonyl (C=O) groups excluding carboxylic acids is 1. The van der Waals surface area contributed by atoms with Crippen LogP contribution in [0.25, 0.3) is 11.3 Å². The second-order valence-corrected chi connectivity index (χ2v) is 9.13. The normalized spacial score (nSPS) is 15.0. The SMILES string of the molecule is Cc1ccc(-c2nn(Cc3ccccc3)cc2C(=O)NCCCN2CCN(C)CC2)cc1C. The minimum Gasteiger partial charge on any atom is -0.352 e. The van der Waals surface area contributed by atoms with Gasteiger partial charge in [-0.25, -0.2) is 0 Å². The average Bonchev–Trinajstić information content (AvgIpc) is 3.24. The van der Waals surface area contributed by atoms with E-state index in [0.29, 0.717) is 18.7 Å². The van der Waals surface area contributed by atoms with E-state index in [1.165, 1.54) is 11.1 Å². The summed E-state index contributed by atoms with van der Waals surface area (Å²) in [4.78, 5) is 18.0. The van der Waals surface area contributed by atoms with Gasteiger partial charge in [0.1, 0.15) is 5.69 Å². The fraction of sp³-hybridized carbons (Fsp3) is 0.407. The van der Waals surface area contributed by atoms with Crippen molar-refractivity contribution < 1.29 is 4.79 Å². The average molecular weight is 446 g/mol. The molecule has 3 aromatic rings. The van der Waals surface area contributed by atoms with Gasteiger partial charge in [-0.2, -0.15) is 5.10 Å². The summed E-state index contributed by atoms with van der Waals surface area (Å²) < 4.78 is 1.87. The molecular weight excluding hydrogens is 410 g/mol. The molecule has 1 fully saturated rings. The van der Waals surface area contributed by atoms with Crippen LogP contribution in [0.5, 0.6) is 0 Å². The summed E-state index contributed by atoms with van der Waals surface area (Å²) in [5.74, 6) is -0.0547. The van der Waals surface area contributed by atoms with E-state index in [-0.39, 0.29) is 5.91 Å². The minimum atomic E-state index is -0.0547. The van der Waals surface area contributed by atoms with Gasteiger partial charge in [0.2, 0.25) is 0 Å². The van der Waals surface area contributed by atoms with Gasteiger partial charge in [-0.15, -0.1) is 0 Å². The van der Waals surface area contributed by atoms with E-state index in [2.05, 4.69) is 66.3 Å². The summed E-state index contributed by atoms with van der Waals surface area (Å²) in [7, 11) is 2.17. The van der Waals surface area contributed by atoms with Crippen molar-refractivity contribution in [1.82, 2.24) is 24.9 Å². The predicted octanol–water partition coefficient (Wildman–Crippen LogP) is 3.58. The van der Waals surface area contributed by atoms with E-state index in [0.717, 1.165) is 56.0 Å². The van der Waals surface area contributed by atoms with E-state index in [1.807, 2.05) is 29.1 Å². The van der Waals surface area contributed by atoms with Crippen molar-refractivity contribution in [2.45, 2.75) is 26.8 Å². The lowest BCUT2D eigenvalue weighted by Crippen LogP contribution is -2.45. The number of benzene rings is 2. The topological polar surface area (TPSA) is 53.4 Å². The lowest BCUT2D eigenvalue weighted by Gasteiger charge is -2.32. The smallest absolute Gasteiger partial charge is 0.255 e. The van der Waals surface area contributed by atoms with Crippen LogP contribution in [0.2, 0.25) is 0 Å². The molecule has 0 aliphatic carbocycles. The molecule has 0 radical (unpaired) electrons. The monoisotopic (exact) mass is 445 g/mol. The zero-order valence-electron chi connectivity index (χ0n) is 20.1. The summed E-state index contributed by atoms with van der Waals surface area (Å²) in [5, 5.41) is 7.95. The van der Waals surface area contributed by atoms with Gasteiger partial charge in [-0.05, 0) is 56.6 Å². The van der Waals surface area contributed by atoms with Crippen molar-refractivity contribution in [3.63, 3.8) is 0 Å². The molecule has 174 valence electrons. The van der Waals surface area contributed by atoms with Gasteiger partial charge in [0.05, 0.1) is 12.1 Å². The molecule has 0 bridgehead atoms. The van der Waals surface area contributed by atoms with Crippen LogP contribution >= 0.6 is 0 Å². The summed E-state index contributed by atoms with van der Waals surface area (Å²) in [6, 6.07) is 16.5. The van der Waals surface area contributed by atoms with Crippen LogP contribution in [-0.2, 0) is 6.54 Å². The quantitative estimate of drug-likeness (QED) is 0.539. The maximum Gasteiger partial charge on any atom is 0.255 e. The molecule has 0 atom stereocenters. The molecule has 33 heavy (non-hydrogen) atoms. The number of amides is 1. The highest BCUT2D eigenvalue weighted by atomic mass is 16.1. The molecule has 1 aromatic heterocycles. The van der Waals surface area contributed by atoms with Crippen LogP contribution in [-0.4, -0.2) is 71.8 Å². The molecule has 1 saturated heterocycles. The number of piperazine rings is 1. The molecule has 0 saturated carbocycles. The molecule has 4 rings (SSSR count). The number of hydrogen-bond donors (Lipinski definition) is 1. The molecule has 2 heterocycles. The van der Waals surface area contributed by atoms with Gasteiger partial charge in [0, 0.05) is 44.5 Å². The molecule has 2 aromatic carbocycles. The number of rotatable bonds is 8. The van der Waals surface area contributed by atoms with E-state index < -0.39 is 0 Å². The number of carbonyl (C=O) groups is 1. The zero-order valence-corrected chi connectivity index (χ0v) is 20.1. The van der Waals surface area contributed by atoms with Crippen molar-refractivity contribution in [3.05, 3.63) is 77.0 Å². The minimum absolute atomic E-state index is 0.0547. The first-order chi connectivity index (χ1) is 16.0. The fourth-order valence-electron chi connectivity index (χ4n) is 4.21. The molecule has 6 heteroatoms. The molecule has 0 unspecified atom stereocenters. The predicted molar refractivity (Wildman–Crippen MR) is 134 cm³/mol. The van der Waals surface area contributed by atoms with Gasteiger partial charge in [0.15, 0.2) is 0 Å². The van der Waals surface area contributed by atoms with Gasteiger partial charge in [0.25, 0.3) is 5.91 Å². The standard InChI is InChI=1S/C27H35N5O/c1-21-10-11-24(18-22(21)2)26-25(20-32(29-26)19-23-8-5-4-6-9-23)27(33)28-12-7-13-31-16-14-30(3)15-17-31/h4-6,8-11,18,20H,7,12-17,19H2,1-3H3,(H,28,33). The van der Waals surface area contributed by atoms with Crippen molar-refractivity contribution in [1.29, 1.82) is 0 Å². The summed E-state index contributed by atoms with van der Waals surface area (Å²) >= 11 is 0. The van der Waals surface area contributed by atoms with Crippen molar-refractivity contribution in [2.24, 2.45) is 0 Å². The highest BCUT2D eigenvalue weighted by Gasteiger charge is 2.19. The third-order valence-electron chi connectivity index (χ3n) is 6.51. The second kappa shape index (κ2) is 10.8. The van der Waals surface area contributed by atoms with Crippen molar-refractivity contribution in [3.8, 4) is 11.3 Å². The Balaban J connectivity index is 1.46. The molecule has 1 aliphatic heterocycles. The maximum absolute atomic E-state index is 13.2. The number of hydrogen-bond acceptors (Lipinski definition) is 4. The zero-order chi connectivity index (χ0) is 23.2. The molecule has 6 nitrogen and oxygen atoms in total. The van der Waals surface area contributed by atoms with Crippen LogP contribution in [0, 0.1) is 13.8 Å². The van der Waals surface area contributed by atoms with E-state index >= 15 is 0 Å². The lowest BCUT2D eigenvalue weighted by molar-refractivity contribution is 0.0950. The highest BCUT2D eigenvalue weighted by Crippen LogP contribution is 2.25. The Hall–Kier alpha value is -2.96. The molecule has 1 N–H and O–H groups in total. The first-order valence-corrected chi connectivity index (χ1v) is 11.9. The number of nitrogens with zero attached hydrogens (tertiary/aromatic N) is 4. The van der Waals surface area contributed by atoms with Gasteiger partial charge in [-0.3, -0.25) is 9.48 Å². The Bertz CT molecular complexity index is 1070. The second-order valence-electron chi connectivity index (χ2n) is 9.13. The Morgan fingerprint density at radius 3 is 2.48 bits per heavy atom. The molecule has 0 spiro atoms. The van der Waals surface area contributed by atoms with E-state index in [1.54, 1.807) is 0 Å². The third kappa shape index (κ3) is 6.09. The van der Waals surface area contributed by atoms with E-state index in [9.17, 15) is 4.79 Å². The van der Waals surface area contributed by atoms with Gasteiger partial charge < -0.3 is 15.1 Å². The van der Waals surface area contributed by atoms with Crippen LogP contribution in [0.1, 0.15) is 33.5 Å². The highest BCUT2D eigenvalue weighted by molar-refractivity contribution is 5.99. The van der Waals surface area contributed by atoms with Gasteiger partial charge in [-0.1, -0.05) is 42.5 Å². The number of nitrogens with one attached hydrogen (secondary N) is 1. The Labute approximate surface area is 197 Å². The number of aromatic nitrogens is 2. The first kappa shape index (κ1) is 23.2. The Morgan fingerprint density at radius 2 is 1.76 bits per heavy atom. The Morgan fingerprint density at radius 1 is 1.00 bits per heavy atom. The molecule has 1 amide bonds. The first-order valence-electron chi connectivity index (χ1n) is 11.9. The van der Waals surface area contributed by atoms with Crippen LogP contribution in [0.3, 0.4) is 0 Å². The molecule has 1 aliphatic rings. The van der Waals surface area contributed by atoms with Gasteiger partial charge >= 0.3 is 0 Å². The summed E-state index contributed by atoms with van der Waals surface area (Å²) in [6.07, 6.45) is 2.83. The summed E-state index contributed by atoms with van der Waals surface area (Å²) in [6.45, 7) is 11.0. The van der Waals surface area contributed by atoms with E-state index in [4.69, 9.17) is 5.10 Å². The van der Waals surface area contributed by atoms with Crippen LogP contribution in [0.15, 0.2) is 54.7 Å². The number of likely N-dealkylation sites (N-methyl/N-ethyl adjacent to an activating group) is 1. The third-order valence-corrected chi connectivity index (χ3v) is 6.51. The number of aryl methyl sites for hydroxylation is 2. The fourth-order valence-corrected chi connectivity index (χ4v) is 4.21. The van der Waals surface area contributed by atoms with Crippen molar-refractivity contribution in [2.75, 3.05) is 46.3 Å². The van der Waals surface area contributed by atoms with Crippen molar-refractivity contribution >= 4 is 5.91 Å². The maximum atomic E-state index is 13.2.